The minimum atomic E-state index is -0.944. The third-order valence-electron chi connectivity index (χ3n) is 2.29. The minimum absolute atomic E-state index is 0.262. The smallest absolute Gasteiger partial charge is 0.336 e. The third-order valence-corrected chi connectivity index (χ3v) is 2.97. The van der Waals surface area contributed by atoms with Crippen LogP contribution in [0.15, 0.2) is 35.0 Å². The average Bonchev–Trinajstić information content (AvgIpc) is 2.81. The Kier molecular flexibility index (Phi) is 2.92. The summed E-state index contributed by atoms with van der Waals surface area (Å²) in [4.78, 5) is 11.1. The van der Waals surface area contributed by atoms with Gasteiger partial charge in [0.1, 0.15) is 5.75 Å². The van der Waals surface area contributed by atoms with Crippen LogP contribution < -0.4 is 4.74 Å². The summed E-state index contributed by atoms with van der Waals surface area (Å²) in [6.07, 6.45) is 0. The van der Waals surface area contributed by atoms with Crippen LogP contribution in [0, 0.1) is 0 Å². The molecular weight excluding hydrogens is 224 g/mol. The number of hydrogen-bond donors (Lipinski definition) is 1. The van der Waals surface area contributed by atoms with E-state index in [9.17, 15) is 4.79 Å². The first-order valence-electron chi connectivity index (χ1n) is 4.66. The molecule has 0 aliphatic carbocycles. The molecule has 0 atom stereocenters. The molecule has 0 radical (unpaired) electrons. The van der Waals surface area contributed by atoms with Crippen LogP contribution in [-0.2, 0) is 0 Å². The topological polar surface area (TPSA) is 46.5 Å². The molecule has 0 saturated heterocycles. The number of ether oxygens (including phenoxy) is 1. The molecule has 1 aromatic carbocycles. The first-order chi connectivity index (χ1) is 7.72. The number of methoxy groups -OCH3 is 1. The fourth-order valence-electron chi connectivity index (χ4n) is 1.50. The number of aromatic carboxylic acids is 1. The largest absolute Gasteiger partial charge is 0.497 e. The summed E-state index contributed by atoms with van der Waals surface area (Å²) < 4.78 is 5.02. The van der Waals surface area contributed by atoms with Crippen molar-refractivity contribution in [2.45, 2.75) is 0 Å². The highest BCUT2D eigenvalue weighted by Crippen LogP contribution is 2.28. The first kappa shape index (κ1) is 10.7. The lowest BCUT2D eigenvalue weighted by molar-refractivity contribution is 0.0697. The van der Waals surface area contributed by atoms with Gasteiger partial charge in [-0.2, -0.15) is 11.3 Å². The van der Waals surface area contributed by atoms with Crippen LogP contribution in [0.2, 0.25) is 0 Å². The molecule has 16 heavy (non-hydrogen) atoms. The van der Waals surface area contributed by atoms with Crippen LogP contribution in [-0.4, -0.2) is 18.2 Å². The predicted octanol–water partition coefficient (Wildman–Crippen LogP) is 3.12. The van der Waals surface area contributed by atoms with E-state index in [0.717, 1.165) is 11.1 Å². The van der Waals surface area contributed by atoms with Gasteiger partial charge in [0.25, 0.3) is 0 Å². The Morgan fingerprint density at radius 3 is 2.75 bits per heavy atom. The molecule has 0 spiro atoms. The van der Waals surface area contributed by atoms with Crippen molar-refractivity contribution in [2.75, 3.05) is 7.11 Å². The molecule has 1 aromatic heterocycles. The minimum Gasteiger partial charge on any atom is -0.497 e. The van der Waals surface area contributed by atoms with Crippen LogP contribution in [0.25, 0.3) is 11.1 Å². The number of carboxylic acids is 1. The second-order valence-corrected chi connectivity index (χ2v) is 4.01. The molecule has 0 bridgehead atoms. The van der Waals surface area contributed by atoms with E-state index >= 15 is 0 Å². The average molecular weight is 234 g/mol. The van der Waals surface area contributed by atoms with Crippen LogP contribution in [0.4, 0.5) is 0 Å². The Morgan fingerprint density at radius 1 is 1.38 bits per heavy atom. The van der Waals surface area contributed by atoms with E-state index in [2.05, 4.69) is 0 Å². The number of thiophene rings is 1. The lowest BCUT2D eigenvalue weighted by Crippen LogP contribution is -1.99. The van der Waals surface area contributed by atoms with E-state index in [1.54, 1.807) is 23.5 Å². The van der Waals surface area contributed by atoms with E-state index in [0.29, 0.717) is 5.75 Å². The third kappa shape index (κ3) is 1.92. The van der Waals surface area contributed by atoms with Crippen molar-refractivity contribution < 1.29 is 14.6 Å². The maximum Gasteiger partial charge on any atom is 0.336 e. The normalized spacial score (nSPS) is 10.1. The van der Waals surface area contributed by atoms with E-state index in [1.165, 1.54) is 13.2 Å². The SMILES string of the molecule is COc1ccc(-c2ccsc2)c(C(=O)O)c1. The molecule has 1 N–H and O–H groups in total. The van der Waals surface area contributed by atoms with Crippen LogP contribution in [0.3, 0.4) is 0 Å². The monoisotopic (exact) mass is 234 g/mol. The van der Waals surface area contributed by atoms with Crippen molar-refractivity contribution in [1.82, 2.24) is 0 Å². The highest BCUT2D eigenvalue weighted by atomic mass is 32.1. The maximum atomic E-state index is 11.1. The Labute approximate surface area is 96.9 Å². The molecule has 2 aromatic rings. The molecule has 0 unspecified atom stereocenters. The van der Waals surface area contributed by atoms with Gasteiger partial charge in [0.2, 0.25) is 0 Å². The highest BCUT2D eigenvalue weighted by Gasteiger charge is 2.13. The zero-order valence-electron chi connectivity index (χ0n) is 8.64. The van der Waals surface area contributed by atoms with Gasteiger partial charge in [0.05, 0.1) is 12.7 Å². The fraction of sp³-hybridized carbons (Fsp3) is 0.0833. The molecule has 82 valence electrons. The van der Waals surface area contributed by atoms with Gasteiger partial charge >= 0.3 is 5.97 Å². The summed E-state index contributed by atoms with van der Waals surface area (Å²) in [6, 6.07) is 6.97. The van der Waals surface area contributed by atoms with E-state index in [-0.39, 0.29) is 5.56 Å². The van der Waals surface area contributed by atoms with E-state index < -0.39 is 5.97 Å². The molecule has 4 heteroatoms. The molecule has 2 rings (SSSR count). The first-order valence-corrected chi connectivity index (χ1v) is 5.60. The fourth-order valence-corrected chi connectivity index (χ4v) is 2.15. The van der Waals surface area contributed by atoms with Crippen molar-refractivity contribution in [3.05, 3.63) is 40.6 Å². The molecule has 0 aliphatic rings. The quantitative estimate of drug-likeness (QED) is 0.887. The lowest BCUT2D eigenvalue weighted by atomic mass is 10.0. The van der Waals surface area contributed by atoms with Gasteiger partial charge in [0.15, 0.2) is 0 Å². The van der Waals surface area contributed by atoms with Gasteiger partial charge in [-0.3, -0.25) is 0 Å². The summed E-state index contributed by atoms with van der Waals surface area (Å²) in [6.45, 7) is 0. The summed E-state index contributed by atoms with van der Waals surface area (Å²) in [5.41, 5.74) is 1.90. The molecule has 0 saturated carbocycles. The highest BCUT2D eigenvalue weighted by molar-refractivity contribution is 7.08. The van der Waals surface area contributed by atoms with Crippen molar-refractivity contribution in [1.29, 1.82) is 0 Å². The standard InChI is InChI=1S/C12H10O3S/c1-15-9-2-3-10(8-4-5-16-7-8)11(6-9)12(13)14/h2-7H,1H3,(H,13,14). The Bertz CT molecular complexity index is 503. The van der Waals surface area contributed by atoms with Crippen LogP contribution >= 0.6 is 11.3 Å². The number of rotatable bonds is 3. The Morgan fingerprint density at radius 2 is 2.19 bits per heavy atom. The second kappa shape index (κ2) is 4.37. The Hall–Kier alpha value is -1.81. The van der Waals surface area contributed by atoms with Gasteiger partial charge in [-0.25, -0.2) is 4.79 Å². The summed E-state index contributed by atoms with van der Waals surface area (Å²) in [5, 5.41) is 13.0. The predicted molar refractivity (Wildman–Crippen MR) is 63.3 cm³/mol. The number of carbonyl (C=O) groups is 1. The number of carboxylic acid groups (broad SMARTS) is 1. The van der Waals surface area contributed by atoms with E-state index in [4.69, 9.17) is 9.84 Å². The van der Waals surface area contributed by atoms with Crippen LogP contribution in [0.1, 0.15) is 10.4 Å². The molecule has 1 heterocycles. The molecule has 0 amide bonds. The molecule has 3 nitrogen and oxygen atoms in total. The van der Waals surface area contributed by atoms with Gasteiger partial charge in [0, 0.05) is 0 Å². The molecular formula is C12H10O3S. The molecule has 0 aliphatic heterocycles. The van der Waals surface area contributed by atoms with Gasteiger partial charge in [-0.1, -0.05) is 0 Å². The summed E-state index contributed by atoms with van der Waals surface area (Å²) in [7, 11) is 1.52. The van der Waals surface area contributed by atoms with Crippen molar-refractivity contribution in [2.24, 2.45) is 0 Å². The van der Waals surface area contributed by atoms with Gasteiger partial charge in [-0.05, 0) is 46.2 Å². The molecule has 0 fully saturated rings. The summed E-state index contributed by atoms with van der Waals surface area (Å²) in [5.74, 6) is -0.392. The lowest BCUT2D eigenvalue weighted by Gasteiger charge is -2.06. The van der Waals surface area contributed by atoms with Crippen LogP contribution in [0.5, 0.6) is 5.75 Å². The van der Waals surface area contributed by atoms with Crippen molar-refractivity contribution in [3.8, 4) is 16.9 Å². The number of benzene rings is 1. The van der Waals surface area contributed by atoms with Gasteiger partial charge in [-0.15, -0.1) is 0 Å². The van der Waals surface area contributed by atoms with Crippen molar-refractivity contribution >= 4 is 17.3 Å². The number of hydrogen-bond acceptors (Lipinski definition) is 3. The Balaban J connectivity index is 2.57. The summed E-state index contributed by atoms with van der Waals surface area (Å²) >= 11 is 1.54. The van der Waals surface area contributed by atoms with Gasteiger partial charge < -0.3 is 9.84 Å². The zero-order valence-corrected chi connectivity index (χ0v) is 9.45. The zero-order chi connectivity index (χ0) is 11.5. The second-order valence-electron chi connectivity index (χ2n) is 3.23. The van der Waals surface area contributed by atoms with Crippen molar-refractivity contribution in [3.63, 3.8) is 0 Å². The maximum absolute atomic E-state index is 11.1. The van der Waals surface area contributed by atoms with E-state index in [1.807, 2.05) is 16.8 Å².